The monoisotopic (exact) mass is 149 g/mol. The molecule has 1 rings (SSSR count). The Bertz CT molecular complexity index is 124. The third-order valence-electron chi connectivity index (χ3n) is 2.08. The average molecular weight is 149 g/mol. The molecule has 0 aliphatic heterocycles. The Morgan fingerprint density at radius 3 is 2.10 bits per heavy atom. The first-order chi connectivity index (χ1) is 4.47. The van der Waals surface area contributed by atoms with E-state index in [0.717, 1.165) is 19.8 Å². The third-order valence-corrected chi connectivity index (χ3v) is 2.08. The van der Waals surface area contributed by atoms with Crippen molar-refractivity contribution in [2.75, 3.05) is 6.54 Å². The summed E-state index contributed by atoms with van der Waals surface area (Å²) >= 11 is 0. The maximum atomic E-state index is 12.4. The zero-order valence-corrected chi connectivity index (χ0v) is 6.16. The molecule has 60 valence electrons. The molecule has 0 saturated heterocycles. The highest BCUT2D eigenvalue weighted by molar-refractivity contribution is 4.96. The van der Waals surface area contributed by atoms with Gasteiger partial charge in [-0.2, -0.15) is 0 Å². The predicted octanol–water partition coefficient (Wildman–Crippen LogP) is 1.77. The lowest BCUT2D eigenvalue weighted by Crippen LogP contribution is -2.24. The normalized spacial score (nSPS) is 22.8. The van der Waals surface area contributed by atoms with Gasteiger partial charge in [-0.1, -0.05) is 0 Å². The molecule has 0 amide bonds. The average Bonchev–Trinajstić information content (AvgIpc) is 2.45. The highest BCUT2D eigenvalue weighted by atomic mass is 19.3. The topological polar surface area (TPSA) is 26.0 Å². The zero-order valence-electron chi connectivity index (χ0n) is 6.16. The Morgan fingerprint density at radius 1 is 1.50 bits per heavy atom. The summed E-state index contributed by atoms with van der Waals surface area (Å²) in [6.45, 7) is 1.37. The molecule has 0 radical (unpaired) electrons. The molecule has 0 aromatic rings. The van der Waals surface area contributed by atoms with Gasteiger partial charge < -0.3 is 5.73 Å². The van der Waals surface area contributed by atoms with Gasteiger partial charge >= 0.3 is 0 Å². The van der Waals surface area contributed by atoms with E-state index in [1.165, 1.54) is 0 Å². The second-order valence-electron chi connectivity index (χ2n) is 3.45. The molecule has 0 atom stereocenters. The molecule has 1 nitrogen and oxygen atoms in total. The summed E-state index contributed by atoms with van der Waals surface area (Å²) in [4.78, 5) is 0. The summed E-state index contributed by atoms with van der Waals surface area (Å²) in [5.74, 6) is -2.53. The van der Waals surface area contributed by atoms with Crippen molar-refractivity contribution in [3.8, 4) is 0 Å². The van der Waals surface area contributed by atoms with E-state index >= 15 is 0 Å². The van der Waals surface area contributed by atoms with Crippen molar-refractivity contribution in [2.24, 2.45) is 11.1 Å². The lowest BCUT2D eigenvalue weighted by molar-refractivity contribution is -0.00680. The van der Waals surface area contributed by atoms with Crippen LogP contribution < -0.4 is 5.73 Å². The minimum absolute atomic E-state index is 0.0312. The van der Waals surface area contributed by atoms with Gasteiger partial charge in [0.15, 0.2) is 0 Å². The molecule has 1 aliphatic rings. The van der Waals surface area contributed by atoms with Gasteiger partial charge in [-0.15, -0.1) is 0 Å². The Kier molecular flexibility index (Phi) is 1.71. The van der Waals surface area contributed by atoms with Crippen LogP contribution in [0.5, 0.6) is 0 Å². The molecule has 0 aromatic heterocycles. The first-order valence-corrected chi connectivity index (χ1v) is 3.55. The fraction of sp³-hybridized carbons (Fsp3) is 1.00. The van der Waals surface area contributed by atoms with Crippen LogP contribution in [0.25, 0.3) is 0 Å². The lowest BCUT2D eigenvalue weighted by atomic mass is 9.99. The van der Waals surface area contributed by atoms with E-state index in [0.29, 0.717) is 6.54 Å². The van der Waals surface area contributed by atoms with Gasteiger partial charge in [0.05, 0.1) is 0 Å². The molecule has 0 heterocycles. The molecular weight excluding hydrogens is 136 g/mol. The second-order valence-corrected chi connectivity index (χ2v) is 3.45. The Morgan fingerprint density at radius 2 is 2.00 bits per heavy atom. The van der Waals surface area contributed by atoms with Crippen LogP contribution in [0.1, 0.15) is 26.2 Å². The van der Waals surface area contributed by atoms with Gasteiger partial charge in [-0.3, -0.25) is 0 Å². The van der Waals surface area contributed by atoms with Gasteiger partial charge in [0.2, 0.25) is 5.92 Å². The van der Waals surface area contributed by atoms with Gasteiger partial charge in [0.1, 0.15) is 0 Å². The van der Waals surface area contributed by atoms with Crippen LogP contribution in [0.4, 0.5) is 8.78 Å². The maximum absolute atomic E-state index is 12.4. The van der Waals surface area contributed by atoms with Crippen molar-refractivity contribution in [3.05, 3.63) is 0 Å². The number of hydrogen-bond acceptors (Lipinski definition) is 1. The molecule has 0 unspecified atom stereocenters. The van der Waals surface area contributed by atoms with Crippen LogP contribution >= 0.6 is 0 Å². The third kappa shape index (κ3) is 1.90. The van der Waals surface area contributed by atoms with E-state index < -0.39 is 5.92 Å². The van der Waals surface area contributed by atoms with E-state index in [1.807, 2.05) is 0 Å². The van der Waals surface area contributed by atoms with Gasteiger partial charge in [0, 0.05) is 6.42 Å². The van der Waals surface area contributed by atoms with Crippen molar-refractivity contribution in [1.82, 2.24) is 0 Å². The maximum Gasteiger partial charge on any atom is 0.246 e. The summed E-state index contributed by atoms with van der Waals surface area (Å²) in [5.41, 5.74) is 5.15. The number of nitrogens with two attached hydrogens (primary N) is 1. The fourth-order valence-corrected chi connectivity index (χ4v) is 1.29. The van der Waals surface area contributed by atoms with E-state index in [-0.39, 0.29) is 11.8 Å². The molecule has 1 fully saturated rings. The van der Waals surface area contributed by atoms with Gasteiger partial charge in [-0.05, 0) is 31.7 Å². The summed E-state index contributed by atoms with van der Waals surface area (Å²) in [6, 6.07) is 0. The highest BCUT2D eigenvalue weighted by Gasteiger charge is 2.46. The van der Waals surface area contributed by atoms with E-state index in [2.05, 4.69) is 0 Å². The summed E-state index contributed by atoms with van der Waals surface area (Å²) < 4.78 is 24.8. The number of hydrogen-bond donors (Lipinski definition) is 1. The highest BCUT2D eigenvalue weighted by Crippen LogP contribution is 2.51. The predicted molar refractivity (Wildman–Crippen MR) is 36.0 cm³/mol. The first-order valence-electron chi connectivity index (χ1n) is 3.55. The molecule has 2 N–H and O–H groups in total. The summed E-state index contributed by atoms with van der Waals surface area (Å²) in [7, 11) is 0. The molecule has 10 heavy (non-hydrogen) atoms. The minimum atomic E-state index is -2.53. The molecule has 0 spiro atoms. The Hall–Kier alpha value is -0.180. The van der Waals surface area contributed by atoms with Crippen molar-refractivity contribution in [1.29, 1.82) is 0 Å². The quantitative estimate of drug-likeness (QED) is 0.650. The molecule has 1 saturated carbocycles. The standard InChI is InChI=1S/C7H13F2N/c1-6(8,9)4-7(5-10)2-3-7/h2-5,10H2,1H3. The number of halogens is 2. The van der Waals surface area contributed by atoms with Crippen molar-refractivity contribution >= 4 is 0 Å². The van der Waals surface area contributed by atoms with E-state index in [1.54, 1.807) is 0 Å². The van der Waals surface area contributed by atoms with Crippen LogP contribution in [0.15, 0.2) is 0 Å². The van der Waals surface area contributed by atoms with Gasteiger partial charge in [-0.25, -0.2) is 8.78 Å². The SMILES string of the molecule is CC(F)(F)CC1(CN)CC1. The van der Waals surface area contributed by atoms with Crippen LogP contribution in [0, 0.1) is 5.41 Å². The van der Waals surface area contributed by atoms with Crippen molar-refractivity contribution in [2.45, 2.75) is 32.1 Å². The fourth-order valence-electron chi connectivity index (χ4n) is 1.29. The van der Waals surface area contributed by atoms with Crippen molar-refractivity contribution < 1.29 is 8.78 Å². The van der Waals surface area contributed by atoms with Crippen molar-refractivity contribution in [3.63, 3.8) is 0 Å². The van der Waals surface area contributed by atoms with Crippen LogP contribution in [-0.4, -0.2) is 12.5 Å². The lowest BCUT2D eigenvalue weighted by Gasteiger charge is -2.17. The van der Waals surface area contributed by atoms with Crippen LogP contribution in [-0.2, 0) is 0 Å². The minimum Gasteiger partial charge on any atom is -0.330 e. The largest absolute Gasteiger partial charge is 0.330 e. The summed E-state index contributed by atoms with van der Waals surface area (Å²) in [6.07, 6.45) is 1.73. The smallest absolute Gasteiger partial charge is 0.246 e. The zero-order chi connectivity index (χ0) is 7.83. The Balaban J connectivity index is 2.38. The first kappa shape index (κ1) is 7.92. The number of rotatable bonds is 3. The summed E-state index contributed by atoms with van der Waals surface area (Å²) in [5, 5.41) is 0. The second kappa shape index (κ2) is 2.16. The van der Waals surface area contributed by atoms with Crippen LogP contribution in [0.2, 0.25) is 0 Å². The van der Waals surface area contributed by atoms with E-state index in [4.69, 9.17) is 5.73 Å². The number of alkyl halides is 2. The van der Waals surface area contributed by atoms with Crippen LogP contribution in [0.3, 0.4) is 0 Å². The molecular formula is C7H13F2N. The molecule has 3 heteroatoms. The Labute approximate surface area is 59.6 Å². The van der Waals surface area contributed by atoms with Gasteiger partial charge in [0.25, 0.3) is 0 Å². The molecule has 1 aliphatic carbocycles. The molecule has 0 bridgehead atoms. The van der Waals surface area contributed by atoms with E-state index in [9.17, 15) is 8.78 Å². The molecule has 0 aromatic carbocycles.